The highest BCUT2D eigenvalue weighted by Gasteiger charge is 2.21. The van der Waals surface area contributed by atoms with E-state index in [4.69, 9.17) is 16.4 Å². The van der Waals surface area contributed by atoms with Crippen LogP contribution in [-0.2, 0) is 4.84 Å². The highest BCUT2D eigenvalue weighted by atomic mass is 35.5. The van der Waals surface area contributed by atoms with Crippen molar-refractivity contribution in [3.63, 3.8) is 0 Å². The van der Waals surface area contributed by atoms with Crippen LogP contribution in [0.4, 0.5) is 5.69 Å². The Balaban J connectivity index is 2.49. The van der Waals surface area contributed by atoms with E-state index in [9.17, 15) is 15.3 Å². The normalized spacial score (nSPS) is 17.1. The summed E-state index contributed by atoms with van der Waals surface area (Å²) in [7, 11) is 0. The molecule has 0 saturated carbocycles. The van der Waals surface area contributed by atoms with Gasteiger partial charge in [-0.15, -0.1) is 0 Å². The first kappa shape index (κ1) is 12.4. The minimum absolute atomic E-state index is 0.0657. The molecule has 0 bridgehead atoms. The third kappa shape index (κ3) is 2.28. The van der Waals surface area contributed by atoms with E-state index >= 15 is 0 Å². The topological polar surface area (TPSA) is 78.4 Å². The standard InChI is InChI=1S/C11H9ClN2O4/c1-7-9(6-18-14(7)17)4-8-5-10(12)2-3-11(8)13(15)16/h2-5H,6H2,1H3/b9-4+. The molecule has 0 saturated heterocycles. The molecule has 0 fully saturated rings. The van der Waals surface area contributed by atoms with Gasteiger partial charge in [0.1, 0.15) is 0 Å². The fourth-order valence-electron chi connectivity index (χ4n) is 1.59. The average molecular weight is 269 g/mol. The number of nitro groups is 1. The molecule has 1 heterocycles. The van der Waals surface area contributed by atoms with Crippen molar-refractivity contribution in [2.75, 3.05) is 6.61 Å². The third-order valence-electron chi connectivity index (χ3n) is 2.59. The van der Waals surface area contributed by atoms with Gasteiger partial charge < -0.3 is 4.84 Å². The van der Waals surface area contributed by atoms with Crippen LogP contribution < -0.4 is 0 Å². The highest BCUT2D eigenvalue weighted by molar-refractivity contribution is 6.30. The minimum atomic E-state index is -0.497. The van der Waals surface area contributed by atoms with Gasteiger partial charge in [-0.05, 0) is 18.2 Å². The number of halogens is 1. The Morgan fingerprint density at radius 1 is 1.56 bits per heavy atom. The lowest BCUT2D eigenvalue weighted by atomic mass is 10.1. The van der Waals surface area contributed by atoms with Gasteiger partial charge in [-0.2, -0.15) is 0 Å². The van der Waals surface area contributed by atoms with E-state index in [0.29, 0.717) is 26.8 Å². The molecule has 0 spiro atoms. The van der Waals surface area contributed by atoms with Crippen LogP contribution in [0.1, 0.15) is 12.5 Å². The monoisotopic (exact) mass is 268 g/mol. The lowest BCUT2D eigenvalue weighted by molar-refractivity contribution is -0.730. The zero-order valence-corrected chi connectivity index (χ0v) is 10.2. The van der Waals surface area contributed by atoms with Gasteiger partial charge in [0.25, 0.3) is 5.69 Å². The molecule has 94 valence electrons. The summed E-state index contributed by atoms with van der Waals surface area (Å²) in [5.74, 6) is 0. The van der Waals surface area contributed by atoms with Crippen molar-refractivity contribution >= 4 is 29.1 Å². The van der Waals surface area contributed by atoms with Crippen molar-refractivity contribution in [1.82, 2.24) is 0 Å². The van der Waals surface area contributed by atoms with Gasteiger partial charge in [0.2, 0.25) is 5.71 Å². The second-order valence-electron chi connectivity index (χ2n) is 3.75. The summed E-state index contributed by atoms with van der Waals surface area (Å²) in [5, 5.41) is 22.4. The number of nitro benzene ring substituents is 1. The highest BCUT2D eigenvalue weighted by Crippen LogP contribution is 2.26. The number of nitrogens with zero attached hydrogens (tertiary/aromatic N) is 2. The summed E-state index contributed by atoms with van der Waals surface area (Å²) < 4.78 is 0. The van der Waals surface area contributed by atoms with Crippen LogP contribution >= 0.6 is 11.6 Å². The van der Waals surface area contributed by atoms with Crippen LogP contribution in [0.2, 0.25) is 5.02 Å². The van der Waals surface area contributed by atoms with Gasteiger partial charge in [0, 0.05) is 28.5 Å². The Labute approximate surface area is 107 Å². The van der Waals surface area contributed by atoms with Crippen molar-refractivity contribution < 1.29 is 14.7 Å². The average Bonchev–Trinajstić information content (AvgIpc) is 2.61. The summed E-state index contributed by atoms with van der Waals surface area (Å²) in [6.45, 7) is 1.68. The summed E-state index contributed by atoms with van der Waals surface area (Å²) in [4.78, 5) is 15.5. The number of benzene rings is 1. The van der Waals surface area contributed by atoms with Gasteiger partial charge in [0.05, 0.1) is 17.1 Å². The molecule has 0 aliphatic carbocycles. The Kier molecular flexibility index (Phi) is 3.20. The lowest BCUT2D eigenvalue weighted by Gasteiger charge is -1.99. The smallest absolute Gasteiger partial charge is 0.276 e. The third-order valence-corrected chi connectivity index (χ3v) is 2.83. The van der Waals surface area contributed by atoms with E-state index in [2.05, 4.69) is 0 Å². The maximum Gasteiger partial charge on any atom is 0.276 e. The van der Waals surface area contributed by atoms with Gasteiger partial charge in [-0.25, -0.2) is 0 Å². The van der Waals surface area contributed by atoms with Crippen LogP contribution in [0.3, 0.4) is 0 Å². The summed E-state index contributed by atoms with van der Waals surface area (Å²) in [6.07, 6.45) is 1.54. The number of hydrogen-bond donors (Lipinski definition) is 0. The van der Waals surface area contributed by atoms with Crippen LogP contribution in [0.5, 0.6) is 0 Å². The molecular weight excluding hydrogens is 260 g/mol. The second-order valence-corrected chi connectivity index (χ2v) is 4.18. The predicted octanol–water partition coefficient (Wildman–Crippen LogP) is 2.55. The number of rotatable bonds is 2. The van der Waals surface area contributed by atoms with Gasteiger partial charge in [-0.3, -0.25) is 15.3 Å². The van der Waals surface area contributed by atoms with Crippen molar-refractivity contribution in [3.8, 4) is 0 Å². The van der Waals surface area contributed by atoms with E-state index in [1.165, 1.54) is 24.3 Å². The Bertz CT molecular complexity index is 580. The van der Waals surface area contributed by atoms with Crippen molar-refractivity contribution in [1.29, 1.82) is 0 Å². The molecule has 0 radical (unpaired) electrons. The summed E-state index contributed by atoms with van der Waals surface area (Å²) in [6, 6.07) is 4.26. The van der Waals surface area contributed by atoms with Crippen molar-refractivity contribution in [3.05, 3.63) is 49.7 Å². The van der Waals surface area contributed by atoms with Crippen molar-refractivity contribution in [2.45, 2.75) is 6.92 Å². The van der Waals surface area contributed by atoms with E-state index in [-0.39, 0.29) is 12.3 Å². The van der Waals surface area contributed by atoms with E-state index in [0.717, 1.165) is 0 Å². The predicted molar refractivity (Wildman–Crippen MR) is 66.3 cm³/mol. The lowest BCUT2D eigenvalue weighted by Crippen LogP contribution is -2.02. The molecule has 1 aliphatic heterocycles. The first-order valence-electron chi connectivity index (χ1n) is 5.07. The molecule has 2 rings (SSSR count). The van der Waals surface area contributed by atoms with E-state index < -0.39 is 4.92 Å². The first-order valence-corrected chi connectivity index (χ1v) is 5.45. The molecule has 1 aromatic rings. The van der Waals surface area contributed by atoms with Crippen molar-refractivity contribution in [2.24, 2.45) is 0 Å². The Morgan fingerprint density at radius 2 is 2.28 bits per heavy atom. The molecule has 0 aromatic heterocycles. The largest absolute Gasteiger partial charge is 0.398 e. The van der Waals surface area contributed by atoms with Crippen LogP contribution in [-0.4, -0.2) is 22.1 Å². The van der Waals surface area contributed by atoms with Gasteiger partial charge >= 0.3 is 0 Å². The van der Waals surface area contributed by atoms with Crippen LogP contribution in [0.25, 0.3) is 6.08 Å². The second kappa shape index (κ2) is 4.66. The summed E-state index contributed by atoms with van der Waals surface area (Å²) in [5.41, 5.74) is 1.25. The molecule has 0 atom stereocenters. The van der Waals surface area contributed by atoms with Crippen LogP contribution in [0, 0.1) is 15.3 Å². The number of hydrogen-bond acceptors (Lipinski definition) is 4. The molecule has 6 nitrogen and oxygen atoms in total. The van der Waals surface area contributed by atoms with E-state index in [1.54, 1.807) is 6.92 Å². The van der Waals surface area contributed by atoms with E-state index in [1.807, 2.05) is 0 Å². The maximum absolute atomic E-state index is 11.1. The zero-order chi connectivity index (χ0) is 13.3. The van der Waals surface area contributed by atoms with Crippen LogP contribution in [0.15, 0.2) is 23.8 Å². The molecule has 0 N–H and O–H groups in total. The molecular formula is C11H9ClN2O4. The molecule has 7 heteroatoms. The molecule has 0 unspecified atom stereocenters. The Morgan fingerprint density at radius 3 is 2.83 bits per heavy atom. The fraction of sp³-hybridized carbons (Fsp3) is 0.182. The molecule has 0 amide bonds. The zero-order valence-electron chi connectivity index (χ0n) is 9.42. The molecule has 1 aliphatic rings. The summed E-state index contributed by atoms with van der Waals surface area (Å²) >= 11 is 5.81. The van der Waals surface area contributed by atoms with Gasteiger partial charge in [0.15, 0.2) is 0 Å². The SMILES string of the molecule is CC1=[N+]([O-])OC/C1=C\c1cc(Cl)ccc1[N+](=O)[O-]. The minimum Gasteiger partial charge on any atom is -0.398 e. The molecule has 18 heavy (non-hydrogen) atoms. The maximum atomic E-state index is 11.1. The molecule has 1 aromatic carbocycles. The first-order chi connectivity index (χ1) is 8.49. The fourth-order valence-corrected chi connectivity index (χ4v) is 1.77. The Hall–Kier alpha value is -2.08. The van der Waals surface area contributed by atoms with Gasteiger partial charge in [-0.1, -0.05) is 11.6 Å². The quantitative estimate of drug-likeness (QED) is 0.469.